The van der Waals surface area contributed by atoms with E-state index < -0.39 is 25.7 Å². The number of amides is 1. The lowest BCUT2D eigenvalue weighted by molar-refractivity contribution is -0.172. The van der Waals surface area contributed by atoms with Crippen LogP contribution in [-0.2, 0) is 39.4 Å². The minimum Gasteiger partial charge on any atom is -0.458 e. The fourth-order valence-electron chi connectivity index (χ4n) is 5.90. The minimum atomic E-state index is -1.87. The van der Waals surface area contributed by atoms with Crippen molar-refractivity contribution in [2.75, 3.05) is 26.3 Å². The fraction of sp³-hybridized carbons (Fsp3) is 0.467. The normalized spacial score (nSPS) is 19.9. The molecule has 10 nitrogen and oxygen atoms in total. The number of carbonyl (C=O) groups is 2. The van der Waals surface area contributed by atoms with Crippen LogP contribution in [-0.4, -0.2) is 66.0 Å². The lowest BCUT2D eigenvalue weighted by Gasteiger charge is -2.31. The number of aromatic nitrogens is 2. The third-order valence-corrected chi connectivity index (χ3v) is 10.1. The number of fused-ring (bicyclic) bond motifs is 5. The van der Waals surface area contributed by atoms with Gasteiger partial charge in [-0.15, -0.1) is 0 Å². The fourth-order valence-corrected chi connectivity index (χ4v) is 6.90. The van der Waals surface area contributed by atoms with Gasteiger partial charge in [0.15, 0.2) is 5.60 Å². The van der Waals surface area contributed by atoms with Gasteiger partial charge in [-0.25, -0.2) is 14.6 Å². The van der Waals surface area contributed by atoms with Gasteiger partial charge in [-0.2, -0.15) is 0 Å². The second-order valence-corrected chi connectivity index (χ2v) is 17.8. The van der Waals surface area contributed by atoms with E-state index in [9.17, 15) is 19.5 Å². The van der Waals surface area contributed by atoms with Gasteiger partial charge in [0.1, 0.15) is 12.4 Å². The second kappa shape index (κ2) is 10.1. The third kappa shape index (κ3) is 4.75. The molecule has 3 aromatic rings. The van der Waals surface area contributed by atoms with Gasteiger partial charge in [0, 0.05) is 37.7 Å². The molecule has 0 unspecified atom stereocenters. The van der Waals surface area contributed by atoms with Crippen molar-refractivity contribution in [3.8, 4) is 17.1 Å². The molecular weight excluding hydrogens is 542 g/mol. The monoisotopic (exact) mass is 577 g/mol. The molecule has 0 radical (unpaired) electrons. The number of esters is 1. The lowest BCUT2D eigenvalue weighted by Crippen LogP contribution is -2.44. The Morgan fingerprint density at radius 2 is 1.90 bits per heavy atom. The molecule has 11 heteroatoms. The van der Waals surface area contributed by atoms with Gasteiger partial charge in [-0.1, -0.05) is 32.6 Å². The molecule has 0 aliphatic carbocycles. The van der Waals surface area contributed by atoms with Crippen LogP contribution in [0.1, 0.15) is 35.6 Å². The summed E-state index contributed by atoms with van der Waals surface area (Å²) in [5.74, 6) is -0.298. The maximum absolute atomic E-state index is 13.7. The molecule has 1 amide bonds. The van der Waals surface area contributed by atoms with E-state index in [-0.39, 0.29) is 18.6 Å². The maximum atomic E-state index is 13.7. The SMILES string of the molecule is CC[C@@]1(O)C(=O)OCc2c1cc1n(c2=O)Cc2c-1nc1ccc(OC(=O)N3CCOCC3)cc1c2CC[Si](C)(C)C. The molecule has 3 aliphatic heterocycles. The molecule has 1 atom stereocenters. The topological polar surface area (TPSA) is 120 Å². The number of carbonyl (C=O) groups excluding carboxylic acids is 2. The average molecular weight is 578 g/mol. The van der Waals surface area contributed by atoms with Gasteiger partial charge in [0.05, 0.1) is 42.2 Å². The van der Waals surface area contributed by atoms with Crippen molar-refractivity contribution in [1.82, 2.24) is 14.5 Å². The van der Waals surface area contributed by atoms with E-state index in [1.165, 1.54) is 0 Å². The predicted molar refractivity (Wildman–Crippen MR) is 155 cm³/mol. The molecule has 1 fully saturated rings. The van der Waals surface area contributed by atoms with Crippen molar-refractivity contribution in [1.29, 1.82) is 0 Å². The summed E-state index contributed by atoms with van der Waals surface area (Å²) in [6.07, 6.45) is 0.476. The highest BCUT2D eigenvalue weighted by Crippen LogP contribution is 2.41. The smallest absolute Gasteiger partial charge is 0.415 e. The Morgan fingerprint density at radius 1 is 1.15 bits per heavy atom. The first-order valence-corrected chi connectivity index (χ1v) is 17.9. The Kier molecular flexibility index (Phi) is 6.78. The number of pyridine rings is 2. The summed E-state index contributed by atoms with van der Waals surface area (Å²) in [6.45, 7) is 10.8. The summed E-state index contributed by atoms with van der Waals surface area (Å²) in [5, 5.41) is 12.1. The molecule has 6 rings (SSSR count). The van der Waals surface area contributed by atoms with Crippen molar-refractivity contribution in [2.45, 2.75) is 64.2 Å². The summed E-state index contributed by atoms with van der Waals surface area (Å²) in [6, 6.07) is 8.22. The van der Waals surface area contributed by atoms with E-state index in [2.05, 4.69) is 19.6 Å². The molecule has 2 aromatic heterocycles. The molecular formula is C30H35N3O7Si. The lowest BCUT2D eigenvalue weighted by atomic mass is 9.86. The van der Waals surface area contributed by atoms with E-state index in [0.717, 1.165) is 34.5 Å². The van der Waals surface area contributed by atoms with E-state index in [1.807, 2.05) is 12.1 Å². The van der Waals surface area contributed by atoms with Crippen molar-refractivity contribution in [3.63, 3.8) is 0 Å². The molecule has 1 saturated heterocycles. The number of aryl methyl sites for hydroxylation is 1. The van der Waals surface area contributed by atoms with Crippen LogP contribution in [0.4, 0.5) is 4.79 Å². The number of hydrogen-bond acceptors (Lipinski definition) is 8. The molecule has 1 aromatic carbocycles. The van der Waals surface area contributed by atoms with Gasteiger partial charge in [-0.3, -0.25) is 4.79 Å². The van der Waals surface area contributed by atoms with Crippen molar-refractivity contribution in [3.05, 3.63) is 56.9 Å². The molecule has 41 heavy (non-hydrogen) atoms. The minimum absolute atomic E-state index is 0.0904. The molecule has 0 saturated carbocycles. The van der Waals surface area contributed by atoms with Gasteiger partial charge < -0.3 is 28.8 Å². The summed E-state index contributed by atoms with van der Waals surface area (Å²) < 4.78 is 18.0. The van der Waals surface area contributed by atoms with Gasteiger partial charge in [-0.05, 0) is 42.7 Å². The van der Waals surface area contributed by atoms with Crippen LogP contribution in [0.5, 0.6) is 5.75 Å². The number of nitrogens with zero attached hydrogens (tertiary/aromatic N) is 3. The second-order valence-electron chi connectivity index (χ2n) is 12.2. The summed E-state index contributed by atoms with van der Waals surface area (Å²) >= 11 is 0. The summed E-state index contributed by atoms with van der Waals surface area (Å²) in [7, 11) is -1.45. The first kappa shape index (κ1) is 27.6. The van der Waals surface area contributed by atoms with Crippen LogP contribution in [0.15, 0.2) is 29.1 Å². The summed E-state index contributed by atoms with van der Waals surface area (Å²) in [4.78, 5) is 45.7. The van der Waals surface area contributed by atoms with Crippen LogP contribution < -0.4 is 10.3 Å². The first-order chi connectivity index (χ1) is 19.5. The van der Waals surface area contributed by atoms with Crippen molar-refractivity contribution in [2.24, 2.45) is 0 Å². The number of hydrogen-bond donors (Lipinski definition) is 1. The Morgan fingerprint density at radius 3 is 2.61 bits per heavy atom. The molecule has 216 valence electrons. The highest BCUT2D eigenvalue weighted by atomic mass is 28.3. The van der Waals surface area contributed by atoms with E-state index in [1.54, 1.807) is 28.5 Å². The van der Waals surface area contributed by atoms with Crippen LogP contribution in [0.3, 0.4) is 0 Å². The first-order valence-electron chi connectivity index (χ1n) is 14.2. The van der Waals surface area contributed by atoms with Crippen molar-refractivity contribution < 1.29 is 28.9 Å². The van der Waals surface area contributed by atoms with E-state index in [4.69, 9.17) is 19.2 Å². The number of cyclic esters (lactones) is 1. The van der Waals surface area contributed by atoms with E-state index >= 15 is 0 Å². The molecule has 0 bridgehead atoms. The number of morpholine rings is 1. The zero-order chi connectivity index (χ0) is 29.1. The zero-order valence-corrected chi connectivity index (χ0v) is 24.9. The highest BCUT2D eigenvalue weighted by molar-refractivity contribution is 6.76. The van der Waals surface area contributed by atoms with Gasteiger partial charge >= 0.3 is 12.1 Å². The number of rotatable bonds is 5. The van der Waals surface area contributed by atoms with Crippen LogP contribution in [0.25, 0.3) is 22.3 Å². The maximum Gasteiger partial charge on any atom is 0.415 e. The quantitative estimate of drug-likeness (QED) is 0.281. The van der Waals surface area contributed by atoms with Crippen LogP contribution in [0.2, 0.25) is 25.7 Å². The van der Waals surface area contributed by atoms with Gasteiger partial charge in [0.25, 0.3) is 5.56 Å². The Balaban J connectivity index is 1.48. The predicted octanol–water partition coefficient (Wildman–Crippen LogP) is 3.79. The average Bonchev–Trinajstić information content (AvgIpc) is 3.32. The molecule has 3 aliphatic rings. The molecule has 1 N–H and O–H groups in total. The van der Waals surface area contributed by atoms with Crippen molar-refractivity contribution >= 4 is 31.0 Å². The van der Waals surface area contributed by atoms with Crippen LogP contribution >= 0.6 is 0 Å². The summed E-state index contributed by atoms with van der Waals surface area (Å²) in [5.41, 5.74) is 2.46. The Labute approximate surface area is 238 Å². The number of benzene rings is 1. The zero-order valence-electron chi connectivity index (χ0n) is 23.9. The number of ether oxygens (including phenoxy) is 3. The Bertz CT molecular complexity index is 1640. The van der Waals surface area contributed by atoms with E-state index in [0.29, 0.717) is 61.1 Å². The van der Waals surface area contributed by atoms with Crippen LogP contribution in [0, 0.1) is 0 Å². The Hall–Kier alpha value is -3.54. The number of aliphatic hydroxyl groups is 1. The highest BCUT2D eigenvalue weighted by Gasteiger charge is 2.45. The standard InChI is InChI=1S/C30H35N3O7Si/c1-5-30(37)23-15-25-26-21(16-33(25)27(34)22(23)17-39-28(30)35)19(8-13-41(2,3)4)20-14-18(6-7-24(20)31-26)40-29(36)32-9-11-38-12-10-32/h6-7,14-15,37H,5,8-13,16-17H2,1-4H3/t30-/m0/s1. The largest absolute Gasteiger partial charge is 0.458 e. The molecule has 5 heterocycles. The molecule has 0 spiro atoms. The third-order valence-electron chi connectivity index (χ3n) is 8.38. The van der Waals surface area contributed by atoms with Gasteiger partial charge in [0.2, 0.25) is 0 Å².